The van der Waals surface area contributed by atoms with Gasteiger partial charge < -0.3 is 4.42 Å². The third kappa shape index (κ3) is 4.48. The van der Waals surface area contributed by atoms with E-state index in [9.17, 15) is 4.79 Å². The maximum Gasteiger partial charge on any atom is 0.244 e. The number of halogens is 2. The van der Waals surface area contributed by atoms with Crippen molar-refractivity contribution in [2.45, 2.75) is 13.3 Å². The van der Waals surface area contributed by atoms with Crippen molar-refractivity contribution in [2.75, 3.05) is 0 Å². The SMILES string of the molecule is Cc1ccc(-c2ccc(C=NNC(=O)Cc3ccc(Br)c4ccccc34)o2)cc1Cl. The van der Waals surface area contributed by atoms with Crippen molar-refractivity contribution in [3.05, 3.63) is 93.1 Å². The smallest absolute Gasteiger partial charge is 0.244 e. The van der Waals surface area contributed by atoms with Gasteiger partial charge in [0.2, 0.25) is 5.91 Å². The summed E-state index contributed by atoms with van der Waals surface area (Å²) in [6, 6.07) is 21.3. The number of hydrogen-bond acceptors (Lipinski definition) is 3. The van der Waals surface area contributed by atoms with Gasteiger partial charge in [-0.1, -0.05) is 70.0 Å². The number of benzene rings is 3. The number of carbonyl (C=O) groups excluding carboxylic acids is 1. The van der Waals surface area contributed by atoms with Crippen molar-refractivity contribution in [2.24, 2.45) is 5.10 Å². The van der Waals surface area contributed by atoms with Crippen LogP contribution in [0, 0.1) is 6.92 Å². The molecule has 6 heteroatoms. The molecule has 1 N–H and O–H groups in total. The van der Waals surface area contributed by atoms with E-state index in [2.05, 4.69) is 26.5 Å². The van der Waals surface area contributed by atoms with Crippen LogP contribution in [0.3, 0.4) is 0 Å². The molecule has 30 heavy (non-hydrogen) atoms. The Hall–Kier alpha value is -2.89. The van der Waals surface area contributed by atoms with Crippen LogP contribution in [0.2, 0.25) is 5.02 Å². The van der Waals surface area contributed by atoms with E-state index in [4.69, 9.17) is 16.0 Å². The molecule has 0 fully saturated rings. The number of furan rings is 1. The second kappa shape index (κ2) is 8.86. The van der Waals surface area contributed by atoms with Crippen LogP contribution in [0.1, 0.15) is 16.9 Å². The van der Waals surface area contributed by atoms with Crippen LogP contribution >= 0.6 is 27.5 Å². The molecule has 0 saturated heterocycles. The minimum absolute atomic E-state index is 0.198. The van der Waals surface area contributed by atoms with Gasteiger partial charge in [-0.2, -0.15) is 5.10 Å². The average molecular weight is 482 g/mol. The highest BCUT2D eigenvalue weighted by Gasteiger charge is 2.09. The summed E-state index contributed by atoms with van der Waals surface area (Å²) in [6.07, 6.45) is 1.72. The summed E-state index contributed by atoms with van der Waals surface area (Å²) in [5.74, 6) is 1.03. The molecule has 150 valence electrons. The zero-order valence-corrected chi connectivity index (χ0v) is 18.5. The Bertz CT molecular complexity index is 1260. The highest BCUT2D eigenvalue weighted by atomic mass is 79.9. The third-order valence-electron chi connectivity index (χ3n) is 4.78. The quantitative estimate of drug-likeness (QED) is 0.261. The molecule has 0 bridgehead atoms. The van der Waals surface area contributed by atoms with Crippen LogP contribution in [-0.2, 0) is 11.2 Å². The molecule has 0 aliphatic carbocycles. The molecule has 0 aliphatic rings. The molecule has 1 heterocycles. The van der Waals surface area contributed by atoms with Gasteiger partial charge in [-0.3, -0.25) is 4.79 Å². The van der Waals surface area contributed by atoms with Gasteiger partial charge in [0.05, 0.1) is 12.6 Å². The van der Waals surface area contributed by atoms with Crippen molar-refractivity contribution in [1.82, 2.24) is 5.43 Å². The number of hydrogen-bond donors (Lipinski definition) is 1. The first-order chi connectivity index (χ1) is 14.5. The summed E-state index contributed by atoms with van der Waals surface area (Å²) in [5.41, 5.74) is 5.40. The lowest BCUT2D eigenvalue weighted by molar-refractivity contribution is -0.120. The van der Waals surface area contributed by atoms with Crippen molar-refractivity contribution in [1.29, 1.82) is 0 Å². The standard InChI is InChI=1S/C24H18BrClN2O2/c1-15-6-7-17(12-22(15)26)23-11-9-18(30-23)14-27-28-24(29)13-16-8-10-21(25)20-5-3-2-4-19(16)20/h2-12,14H,13H2,1H3,(H,28,29). The molecule has 0 atom stereocenters. The fourth-order valence-electron chi connectivity index (χ4n) is 3.18. The summed E-state index contributed by atoms with van der Waals surface area (Å²) in [7, 11) is 0. The van der Waals surface area contributed by atoms with Gasteiger partial charge in [0.1, 0.15) is 11.5 Å². The summed E-state index contributed by atoms with van der Waals surface area (Å²) in [5, 5.41) is 6.82. The zero-order valence-electron chi connectivity index (χ0n) is 16.2. The lowest BCUT2D eigenvalue weighted by atomic mass is 10.0. The van der Waals surface area contributed by atoms with Gasteiger partial charge in [0.15, 0.2) is 0 Å². The summed E-state index contributed by atoms with van der Waals surface area (Å²) < 4.78 is 6.77. The summed E-state index contributed by atoms with van der Waals surface area (Å²) in [4.78, 5) is 12.3. The highest BCUT2D eigenvalue weighted by Crippen LogP contribution is 2.28. The zero-order chi connectivity index (χ0) is 21.1. The monoisotopic (exact) mass is 480 g/mol. The van der Waals surface area contributed by atoms with Crippen LogP contribution in [0.15, 0.2) is 80.7 Å². The molecule has 4 aromatic rings. The van der Waals surface area contributed by atoms with Crippen LogP contribution < -0.4 is 5.43 Å². The topological polar surface area (TPSA) is 54.6 Å². The van der Waals surface area contributed by atoms with E-state index >= 15 is 0 Å². The fraction of sp³-hybridized carbons (Fsp3) is 0.0833. The van der Waals surface area contributed by atoms with Crippen molar-refractivity contribution in [3.63, 3.8) is 0 Å². The number of carbonyl (C=O) groups is 1. The van der Waals surface area contributed by atoms with E-state index in [-0.39, 0.29) is 12.3 Å². The third-order valence-corrected chi connectivity index (χ3v) is 5.88. The van der Waals surface area contributed by atoms with Gasteiger partial charge >= 0.3 is 0 Å². The molecule has 1 amide bonds. The van der Waals surface area contributed by atoms with Crippen molar-refractivity contribution < 1.29 is 9.21 Å². The number of nitrogens with zero attached hydrogens (tertiary/aromatic N) is 1. The fourth-order valence-corrected chi connectivity index (χ4v) is 3.84. The molecule has 0 radical (unpaired) electrons. The number of aryl methyl sites for hydroxylation is 1. The Kier molecular flexibility index (Phi) is 6.02. The summed E-state index contributed by atoms with van der Waals surface area (Å²) >= 11 is 9.73. The Balaban J connectivity index is 1.42. The predicted octanol–water partition coefficient (Wildman–Crippen LogP) is 6.52. The minimum atomic E-state index is -0.198. The number of fused-ring (bicyclic) bond motifs is 1. The van der Waals surface area contributed by atoms with Crippen LogP contribution in [0.25, 0.3) is 22.1 Å². The van der Waals surface area contributed by atoms with E-state index < -0.39 is 0 Å². The van der Waals surface area contributed by atoms with E-state index in [1.165, 1.54) is 6.21 Å². The number of rotatable bonds is 5. The highest BCUT2D eigenvalue weighted by molar-refractivity contribution is 9.10. The first-order valence-corrected chi connectivity index (χ1v) is 10.5. The molecule has 0 aliphatic heterocycles. The Labute approximate surface area is 187 Å². The van der Waals surface area contributed by atoms with E-state index in [0.717, 1.165) is 31.9 Å². The maximum atomic E-state index is 12.3. The predicted molar refractivity (Wildman–Crippen MR) is 125 cm³/mol. The largest absolute Gasteiger partial charge is 0.455 e. The molecule has 1 aromatic heterocycles. The lowest BCUT2D eigenvalue weighted by Crippen LogP contribution is -2.19. The van der Waals surface area contributed by atoms with Crippen LogP contribution in [-0.4, -0.2) is 12.1 Å². The van der Waals surface area contributed by atoms with Crippen LogP contribution in [0.4, 0.5) is 0 Å². The van der Waals surface area contributed by atoms with Crippen molar-refractivity contribution in [3.8, 4) is 11.3 Å². The number of hydrazone groups is 1. The van der Waals surface area contributed by atoms with E-state index in [0.29, 0.717) is 16.5 Å². The van der Waals surface area contributed by atoms with Gasteiger partial charge in [-0.15, -0.1) is 0 Å². The molecule has 4 rings (SSSR count). The number of amides is 1. The number of nitrogens with one attached hydrogen (secondary N) is 1. The van der Waals surface area contributed by atoms with Gasteiger partial charge in [0.25, 0.3) is 0 Å². The average Bonchev–Trinajstić information content (AvgIpc) is 3.21. The second-order valence-electron chi connectivity index (χ2n) is 6.89. The van der Waals surface area contributed by atoms with Crippen LogP contribution in [0.5, 0.6) is 0 Å². The Morgan fingerprint density at radius 3 is 2.70 bits per heavy atom. The maximum absolute atomic E-state index is 12.3. The van der Waals surface area contributed by atoms with Crippen molar-refractivity contribution >= 4 is 50.4 Å². The normalized spacial score (nSPS) is 11.3. The lowest BCUT2D eigenvalue weighted by Gasteiger charge is -2.07. The molecule has 0 unspecified atom stereocenters. The minimum Gasteiger partial charge on any atom is -0.455 e. The molecular weight excluding hydrogens is 464 g/mol. The van der Waals surface area contributed by atoms with Gasteiger partial charge in [-0.25, -0.2) is 5.43 Å². The Morgan fingerprint density at radius 2 is 1.90 bits per heavy atom. The molecule has 0 spiro atoms. The van der Waals surface area contributed by atoms with E-state index in [1.807, 2.05) is 67.6 Å². The molecule has 0 saturated carbocycles. The Morgan fingerprint density at radius 1 is 1.10 bits per heavy atom. The van der Waals surface area contributed by atoms with Gasteiger partial charge in [-0.05, 0) is 53.1 Å². The summed E-state index contributed by atoms with van der Waals surface area (Å²) in [6.45, 7) is 1.95. The van der Waals surface area contributed by atoms with Gasteiger partial charge in [0, 0.05) is 15.1 Å². The first kappa shape index (κ1) is 20.4. The first-order valence-electron chi connectivity index (χ1n) is 9.35. The molecular formula is C24H18BrClN2O2. The van der Waals surface area contributed by atoms with E-state index in [1.54, 1.807) is 6.07 Å². The second-order valence-corrected chi connectivity index (χ2v) is 8.15. The molecule has 4 nitrogen and oxygen atoms in total. The molecule has 3 aromatic carbocycles.